The van der Waals surface area contributed by atoms with Crippen molar-refractivity contribution in [2.45, 2.75) is 13.2 Å². The van der Waals surface area contributed by atoms with E-state index >= 15 is 0 Å². The summed E-state index contributed by atoms with van der Waals surface area (Å²) in [5.74, 6) is 0. The fourth-order valence-electron chi connectivity index (χ4n) is 1.95. The van der Waals surface area contributed by atoms with Crippen molar-refractivity contribution >= 4 is 27.8 Å². The van der Waals surface area contributed by atoms with Gasteiger partial charge in [0.25, 0.3) is 0 Å². The number of thiazole rings is 2. The number of hydrogen-bond donors (Lipinski definition) is 1. The summed E-state index contributed by atoms with van der Waals surface area (Å²) in [5.41, 5.74) is 2.89. The molecule has 108 valence electrons. The number of anilines is 1. The van der Waals surface area contributed by atoms with Crippen LogP contribution in [0.1, 0.15) is 11.4 Å². The van der Waals surface area contributed by atoms with Crippen LogP contribution in [0.5, 0.6) is 0 Å². The van der Waals surface area contributed by atoms with E-state index in [0.29, 0.717) is 12.2 Å². The Hall–Kier alpha value is -1.76. The Labute approximate surface area is 131 Å². The Morgan fingerprint density at radius 2 is 1.81 bits per heavy atom. The standard InChI is InChI=1S/C15H15N3OS2/c1-18(15-17-13(8-19)10-21-15)7-12-9-20-14(16-12)11-5-3-2-4-6-11/h2-6,9-10,19H,7-8H2,1H3. The zero-order chi connectivity index (χ0) is 14.7. The van der Waals surface area contributed by atoms with Gasteiger partial charge in [0.2, 0.25) is 0 Å². The van der Waals surface area contributed by atoms with Crippen LogP contribution in [0.3, 0.4) is 0 Å². The molecule has 4 nitrogen and oxygen atoms in total. The summed E-state index contributed by atoms with van der Waals surface area (Å²) < 4.78 is 0. The molecule has 3 rings (SSSR count). The van der Waals surface area contributed by atoms with Gasteiger partial charge in [-0.05, 0) is 0 Å². The van der Waals surface area contributed by atoms with E-state index in [-0.39, 0.29) is 6.61 Å². The van der Waals surface area contributed by atoms with E-state index in [0.717, 1.165) is 21.4 Å². The normalized spacial score (nSPS) is 10.8. The van der Waals surface area contributed by atoms with Crippen LogP contribution in [0.25, 0.3) is 10.6 Å². The monoisotopic (exact) mass is 317 g/mol. The predicted octanol–water partition coefficient (Wildman–Crippen LogP) is 3.40. The van der Waals surface area contributed by atoms with Gasteiger partial charge in [0.1, 0.15) is 5.01 Å². The highest BCUT2D eigenvalue weighted by Gasteiger charge is 2.10. The van der Waals surface area contributed by atoms with Gasteiger partial charge in [0, 0.05) is 23.4 Å². The van der Waals surface area contributed by atoms with E-state index in [1.807, 2.05) is 35.5 Å². The average Bonchev–Trinajstić information content (AvgIpc) is 3.17. The molecule has 6 heteroatoms. The Balaban J connectivity index is 1.72. The fourth-order valence-corrected chi connectivity index (χ4v) is 3.55. The fraction of sp³-hybridized carbons (Fsp3) is 0.200. The summed E-state index contributed by atoms with van der Waals surface area (Å²) in [4.78, 5) is 11.1. The number of rotatable bonds is 5. The lowest BCUT2D eigenvalue weighted by Gasteiger charge is -2.13. The number of nitrogens with zero attached hydrogens (tertiary/aromatic N) is 3. The molecule has 2 aromatic heterocycles. The molecule has 0 saturated heterocycles. The molecule has 0 amide bonds. The molecule has 0 spiro atoms. The van der Waals surface area contributed by atoms with E-state index < -0.39 is 0 Å². The molecule has 1 aromatic carbocycles. The van der Waals surface area contributed by atoms with E-state index in [4.69, 9.17) is 5.11 Å². The molecule has 0 fully saturated rings. The van der Waals surface area contributed by atoms with Crippen molar-refractivity contribution in [2.24, 2.45) is 0 Å². The molecule has 0 unspecified atom stereocenters. The zero-order valence-corrected chi connectivity index (χ0v) is 13.2. The first kappa shape index (κ1) is 14.2. The third kappa shape index (κ3) is 3.29. The summed E-state index contributed by atoms with van der Waals surface area (Å²) >= 11 is 3.19. The number of aliphatic hydroxyl groups excluding tert-OH is 1. The van der Waals surface area contributed by atoms with Crippen molar-refractivity contribution < 1.29 is 5.11 Å². The first-order chi connectivity index (χ1) is 10.3. The minimum absolute atomic E-state index is 0.0147. The highest BCUT2D eigenvalue weighted by Crippen LogP contribution is 2.25. The molecule has 0 aliphatic heterocycles. The molecular formula is C15H15N3OS2. The van der Waals surface area contributed by atoms with Gasteiger partial charge in [-0.3, -0.25) is 0 Å². The second-order valence-electron chi connectivity index (χ2n) is 4.65. The van der Waals surface area contributed by atoms with E-state index in [2.05, 4.69) is 27.5 Å². The van der Waals surface area contributed by atoms with Crippen LogP contribution in [0.4, 0.5) is 5.13 Å². The molecule has 0 bridgehead atoms. The lowest BCUT2D eigenvalue weighted by Crippen LogP contribution is -2.16. The minimum Gasteiger partial charge on any atom is -0.390 e. The Morgan fingerprint density at radius 1 is 1.05 bits per heavy atom. The topological polar surface area (TPSA) is 49.2 Å². The Bertz CT molecular complexity index is 709. The van der Waals surface area contributed by atoms with Gasteiger partial charge in [0.05, 0.1) is 24.5 Å². The highest BCUT2D eigenvalue weighted by molar-refractivity contribution is 7.14. The van der Waals surface area contributed by atoms with Gasteiger partial charge in [-0.1, -0.05) is 30.3 Å². The van der Waals surface area contributed by atoms with Gasteiger partial charge in [-0.2, -0.15) is 0 Å². The van der Waals surface area contributed by atoms with Crippen LogP contribution in [-0.2, 0) is 13.2 Å². The van der Waals surface area contributed by atoms with Crippen LogP contribution in [0.2, 0.25) is 0 Å². The maximum absolute atomic E-state index is 9.07. The SMILES string of the molecule is CN(Cc1csc(-c2ccccc2)n1)c1nc(CO)cs1. The molecule has 0 aliphatic carbocycles. The first-order valence-corrected chi connectivity index (χ1v) is 8.28. The van der Waals surface area contributed by atoms with Crippen molar-refractivity contribution in [3.8, 4) is 10.6 Å². The molecular weight excluding hydrogens is 302 g/mol. The molecule has 21 heavy (non-hydrogen) atoms. The Morgan fingerprint density at radius 3 is 2.52 bits per heavy atom. The largest absolute Gasteiger partial charge is 0.390 e. The second kappa shape index (κ2) is 6.34. The minimum atomic E-state index is -0.0147. The zero-order valence-electron chi connectivity index (χ0n) is 11.6. The van der Waals surface area contributed by atoms with Crippen LogP contribution < -0.4 is 4.90 Å². The Kier molecular flexibility index (Phi) is 4.28. The molecule has 3 aromatic rings. The van der Waals surface area contributed by atoms with Crippen LogP contribution >= 0.6 is 22.7 Å². The van der Waals surface area contributed by atoms with E-state index in [9.17, 15) is 0 Å². The van der Waals surface area contributed by atoms with E-state index in [1.54, 1.807) is 11.3 Å². The van der Waals surface area contributed by atoms with Gasteiger partial charge >= 0.3 is 0 Å². The number of aromatic nitrogens is 2. The molecule has 1 N–H and O–H groups in total. The number of benzene rings is 1. The maximum atomic E-state index is 9.07. The smallest absolute Gasteiger partial charge is 0.185 e. The summed E-state index contributed by atoms with van der Waals surface area (Å²) in [5, 5.41) is 15.0. The molecule has 0 atom stereocenters. The summed E-state index contributed by atoms with van der Waals surface area (Å²) in [6.07, 6.45) is 0. The summed E-state index contributed by atoms with van der Waals surface area (Å²) in [7, 11) is 1.99. The van der Waals surface area contributed by atoms with Crippen LogP contribution in [0.15, 0.2) is 41.1 Å². The lowest BCUT2D eigenvalue weighted by atomic mass is 10.2. The molecule has 2 heterocycles. The summed E-state index contributed by atoms with van der Waals surface area (Å²) in [6, 6.07) is 10.2. The van der Waals surface area contributed by atoms with Crippen molar-refractivity contribution in [3.05, 3.63) is 52.5 Å². The van der Waals surface area contributed by atoms with Crippen LogP contribution in [-0.4, -0.2) is 22.1 Å². The maximum Gasteiger partial charge on any atom is 0.185 e. The molecule has 0 saturated carbocycles. The van der Waals surface area contributed by atoms with Gasteiger partial charge in [-0.15, -0.1) is 22.7 Å². The van der Waals surface area contributed by atoms with E-state index in [1.165, 1.54) is 11.3 Å². The highest BCUT2D eigenvalue weighted by atomic mass is 32.1. The number of hydrogen-bond acceptors (Lipinski definition) is 6. The van der Waals surface area contributed by atoms with Crippen molar-refractivity contribution in [2.75, 3.05) is 11.9 Å². The van der Waals surface area contributed by atoms with Gasteiger partial charge in [0.15, 0.2) is 5.13 Å². The second-order valence-corrected chi connectivity index (χ2v) is 6.34. The summed E-state index contributed by atoms with van der Waals surface area (Å²) in [6.45, 7) is 0.695. The first-order valence-electron chi connectivity index (χ1n) is 6.52. The number of aliphatic hydroxyl groups is 1. The van der Waals surface area contributed by atoms with Gasteiger partial charge < -0.3 is 10.0 Å². The predicted molar refractivity (Wildman–Crippen MR) is 87.7 cm³/mol. The third-order valence-electron chi connectivity index (χ3n) is 3.00. The molecule has 0 aliphatic rings. The lowest BCUT2D eigenvalue weighted by molar-refractivity contribution is 0.277. The van der Waals surface area contributed by atoms with Crippen LogP contribution in [0, 0.1) is 0 Å². The van der Waals surface area contributed by atoms with Crippen molar-refractivity contribution in [1.82, 2.24) is 9.97 Å². The van der Waals surface area contributed by atoms with Crippen molar-refractivity contribution in [3.63, 3.8) is 0 Å². The van der Waals surface area contributed by atoms with Crippen molar-refractivity contribution in [1.29, 1.82) is 0 Å². The average molecular weight is 317 g/mol. The quantitative estimate of drug-likeness (QED) is 0.783. The third-order valence-corrected chi connectivity index (χ3v) is 4.94. The molecule has 0 radical (unpaired) electrons. The van der Waals surface area contributed by atoms with Gasteiger partial charge in [-0.25, -0.2) is 9.97 Å².